The molecule has 1 heterocycles. The van der Waals surface area contributed by atoms with Crippen LogP contribution in [0.2, 0.25) is 0 Å². The molecule has 4 heteroatoms. The quantitative estimate of drug-likeness (QED) is 0.897. The summed E-state index contributed by atoms with van der Waals surface area (Å²) in [6, 6.07) is 7.56. The van der Waals surface area contributed by atoms with Gasteiger partial charge in [-0.15, -0.1) is 0 Å². The third kappa shape index (κ3) is 3.43. The molecule has 2 rings (SSSR count). The Labute approximate surface area is 133 Å². The molecule has 0 aliphatic heterocycles. The Bertz CT molecular complexity index is 659. The van der Waals surface area contributed by atoms with Crippen LogP contribution in [0.5, 0.6) is 5.75 Å². The molecule has 0 radical (unpaired) electrons. The fourth-order valence-corrected chi connectivity index (χ4v) is 3.20. The number of nitrogen functional groups attached to an aromatic ring is 1. The minimum Gasteiger partial charge on any atom is -0.507 e. The maximum Gasteiger partial charge on any atom is 0.125 e. The molecule has 0 aliphatic carbocycles. The summed E-state index contributed by atoms with van der Waals surface area (Å²) >= 11 is 0. The van der Waals surface area contributed by atoms with Gasteiger partial charge in [0.1, 0.15) is 11.6 Å². The predicted octanol–water partition coefficient (Wildman–Crippen LogP) is 4.09. The van der Waals surface area contributed by atoms with E-state index in [0.717, 1.165) is 12.0 Å². The van der Waals surface area contributed by atoms with Gasteiger partial charge in [0, 0.05) is 18.7 Å². The zero-order chi connectivity index (χ0) is 16.7. The Morgan fingerprint density at radius 2 is 1.77 bits per heavy atom. The average Bonchev–Trinajstić information content (AvgIpc) is 2.66. The van der Waals surface area contributed by atoms with Gasteiger partial charge in [0.25, 0.3) is 0 Å². The summed E-state index contributed by atoms with van der Waals surface area (Å²) in [4.78, 5) is 0. The lowest BCUT2D eigenvalue weighted by molar-refractivity contribution is 0.284. The first kappa shape index (κ1) is 16.4. The van der Waals surface area contributed by atoms with Crippen LogP contribution >= 0.6 is 0 Å². The molecule has 0 atom stereocenters. The zero-order valence-corrected chi connectivity index (χ0v) is 14.4. The van der Waals surface area contributed by atoms with Crippen molar-refractivity contribution >= 4 is 5.82 Å². The number of phenols is 1. The van der Waals surface area contributed by atoms with Crippen LogP contribution in [0.15, 0.2) is 24.3 Å². The Balaban J connectivity index is 2.46. The average molecular weight is 301 g/mol. The molecule has 0 unspecified atom stereocenters. The van der Waals surface area contributed by atoms with E-state index in [1.807, 2.05) is 12.1 Å². The lowest BCUT2D eigenvalue weighted by Gasteiger charge is -2.33. The molecule has 2 aromatic rings. The maximum absolute atomic E-state index is 10.2. The van der Waals surface area contributed by atoms with Crippen molar-refractivity contribution < 1.29 is 5.11 Å². The van der Waals surface area contributed by atoms with E-state index in [1.54, 1.807) is 23.9 Å². The summed E-state index contributed by atoms with van der Waals surface area (Å²) < 4.78 is 1.61. The largest absolute Gasteiger partial charge is 0.507 e. The topological polar surface area (TPSA) is 64.1 Å². The number of benzene rings is 1. The molecule has 0 fully saturated rings. The van der Waals surface area contributed by atoms with Crippen LogP contribution in [0.3, 0.4) is 0 Å². The summed E-state index contributed by atoms with van der Waals surface area (Å²) in [6.07, 6.45) is 1.05. The second-order valence-corrected chi connectivity index (χ2v) is 7.93. The van der Waals surface area contributed by atoms with Crippen LogP contribution in [0, 0.1) is 5.41 Å². The number of nitrogens with zero attached hydrogens (tertiary/aromatic N) is 2. The van der Waals surface area contributed by atoms with E-state index >= 15 is 0 Å². The Kier molecular flexibility index (Phi) is 3.98. The number of aromatic nitrogens is 2. The molecule has 0 spiro atoms. The molecule has 3 N–H and O–H groups in total. The SMILES string of the molecule is Cn1nc(-c2cc(C(C)(C)CC(C)(C)C)ccc2O)cc1N. The number of rotatable bonds is 3. The van der Waals surface area contributed by atoms with Gasteiger partial charge in [-0.05, 0) is 34.9 Å². The van der Waals surface area contributed by atoms with Crippen LogP contribution in [-0.4, -0.2) is 14.9 Å². The molecule has 0 amide bonds. The molecule has 0 bridgehead atoms. The summed E-state index contributed by atoms with van der Waals surface area (Å²) in [5.74, 6) is 0.808. The first-order valence-corrected chi connectivity index (χ1v) is 7.63. The number of nitrogens with two attached hydrogens (primary N) is 1. The van der Waals surface area contributed by atoms with Gasteiger partial charge in [-0.3, -0.25) is 4.68 Å². The smallest absolute Gasteiger partial charge is 0.125 e. The zero-order valence-electron chi connectivity index (χ0n) is 14.4. The highest BCUT2D eigenvalue weighted by molar-refractivity contribution is 5.70. The van der Waals surface area contributed by atoms with Gasteiger partial charge >= 0.3 is 0 Å². The van der Waals surface area contributed by atoms with Crippen molar-refractivity contribution in [2.24, 2.45) is 12.5 Å². The third-order valence-electron chi connectivity index (χ3n) is 3.94. The van der Waals surface area contributed by atoms with E-state index in [2.05, 4.69) is 39.7 Å². The Morgan fingerprint density at radius 3 is 2.27 bits per heavy atom. The van der Waals surface area contributed by atoms with Crippen LogP contribution in [-0.2, 0) is 12.5 Å². The number of aryl methyl sites for hydroxylation is 1. The highest BCUT2D eigenvalue weighted by Gasteiger charge is 2.28. The monoisotopic (exact) mass is 301 g/mol. The summed E-state index contributed by atoms with van der Waals surface area (Å²) in [5.41, 5.74) is 8.72. The van der Waals surface area contributed by atoms with Crippen LogP contribution in [0.1, 0.15) is 46.6 Å². The Morgan fingerprint density at radius 1 is 1.14 bits per heavy atom. The molecular weight excluding hydrogens is 274 g/mol. The second kappa shape index (κ2) is 5.34. The molecule has 0 aliphatic rings. The number of phenolic OH excluding ortho intramolecular Hbond substituents is 1. The number of hydrogen-bond donors (Lipinski definition) is 2. The van der Waals surface area contributed by atoms with E-state index in [1.165, 1.54) is 5.56 Å². The first-order valence-electron chi connectivity index (χ1n) is 7.63. The van der Waals surface area contributed by atoms with Gasteiger partial charge in [0.05, 0.1) is 5.69 Å². The standard InChI is InChI=1S/C18H27N3O/c1-17(2,3)11-18(4,5)12-7-8-15(22)13(9-12)14-10-16(19)21(6)20-14/h7-10,22H,11,19H2,1-6H3. The summed E-state index contributed by atoms with van der Waals surface area (Å²) in [6.45, 7) is 11.2. The third-order valence-corrected chi connectivity index (χ3v) is 3.94. The van der Waals surface area contributed by atoms with E-state index in [-0.39, 0.29) is 16.6 Å². The minimum absolute atomic E-state index is 0.0149. The van der Waals surface area contributed by atoms with E-state index in [4.69, 9.17) is 5.73 Å². The van der Waals surface area contributed by atoms with Gasteiger partial charge in [-0.1, -0.05) is 40.7 Å². The first-order chi connectivity index (χ1) is 9.99. The molecular formula is C18H27N3O. The van der Waals surface area contributed by atoms with Crippen molar-refractivity contribution in [2.75, 3.05) is 5.73 Å². The molecule has 1 aromatic carbocycles. The number of hydrogen-bond acceptors (Lipinski definition) is 3. The van der Waals surface area contributed by atoms with E-state index in [9.17, 15) is 5.11 Å². The lowest BCUT2D eigenvalue weighted by atomic mass is 9.72. The van der Waals surface area contributed by atoms with Gasteiger partial charge in [0.15, 0.2) is 0 Å². The number of aromatic hydroxyl groups is 1. The Hall–Kier alpha value is -1.97. The van der Waals surface area contributed by atoms with Gasteiger partial charge in [-0.2, -0.15) is 5.10 Å². The van der Waals surface area contributed by atoms with E-state index < -0.39 is 0 Å². The molecule has 1 aromatic heterocycles. The van der Waals surface area contributed by atoms with Crippen molar-refractivity contribution in [3.8, 4) is 17.0 Å². The van der Waals surface area contributed by atoms with Crippen LogP contribution < -0.4 is 5.73 Å². The van der Waals surface area contributed by atoms with Crippen molar-refractivity contribution in [1.82, 2.24) is 9.78 Å². The molecule has 0 saturated carbocycles. The van der Waals surface area contributed by atoms with Gasteiger partial charge < -0.3 is 10.8 Å². The lowest BCUT2D eigenvalue weighted by Crippen LogP contribution is -2.24. The van der Waals surface area contributed by atoms with Crippen molar-refractivity contribution in [2.45, 2.75) is 46.5 Å². The van der Waals surface area contributed by atoms with Gasteiger partial charge in [-0.25, -0.2) is 0 Å². The van der Waals surface area contributed by atoms with Crippen LogP contribution in [0.4, 0.5) is 5.82 Å². The molecule has 120 valence electrons. The van der Waals surface area contributed by atoms with Crippen molar-refractivity contribution in [3.63, 3.8) is 0 Å². The molecule has 0 saturated heterocycles. The van der Waals surface area contributed by atoms with Crippen LogP contribution in [0.25, 0.3) is 11.3 Å². The highest BCUT2D eigenvalue weighted by Crippen LogP contribution is 2.39. The molecule has 22 heavy (non-hydrogen) atoms. The fourth-order valence-electron chi connectivity index (χ4n) is 3.20. The number of anilines is 1. The molecule has 4 nitrogen and oxygen atoms in total. The van der Waals surface area contributed by atoms with Gasteiger partial charge in [0.2, 0.25) is 0 Å². The predicted molar refractivity (Wildman–Crippen MR) is 91.8 cm³/mol. The van der Waals surface area contributed by atoms with Crippen molar-refractivity contribution in [1.29, 1.82) is 0 Å². The van der Waals surface area contributed by atoms with E-state index in [0.29, 0.717) is 11.5 Å². The minimum atomic E-state index is 0.0149. The summed E-state index contributed by atoms with van der Waals surface area (Å²) in [5, 5.41) is 14.6. The fraction of sp³-hybridized carbons (Fsp3) is 0.500. The highest BCUT2D eigenvalue weighted by atomic mass is 16.3. The summed E-state index contributed by atoms with van der Waals surface area (Å²) in [7, 11) is 1.79. The van der Waals surface area contributed by atoms with Crippen molar-refractivity contribution in [3.05, 3.63) is 29.8 Å². The maximum atomic E-state index is 10.2. The second-order valence-electron chi connectivity index (χ2n) is 7.93. The normalized spacial score (nSPS) is 12.6.